The lowest BCUT2D eigenvalue weighted by atomic mass is 9.80. The first-order chi connectivity index (χ1) is 8.02. The summed E-state index contributed by atoms with van der Waals surface area (Å²) in [5.41, 5.74) is 5.14. The minimum Gasteiger partial charge on any atom is -0.480 e. The van der Waals surface area contributed by atoms with Crippen LogP contribution in [0.5, 0.6) is 0 Å². The lowest BCUT2D eigenvalue weighted by Crippen LogP contribution is -2.51. The third-order valence-corrected chi connectivity index (χ3v) is 4.00. The minimum absolute atomic E-state index is 0.0881. The number of nitrogens with zero attached hydrogens (tertiary/aromatic N) is 1. The molecule has 0 bridgehead atoms. The van der Waals surface area contributed by atoms with E-state index in [1.165, 1.54) is 4.90 Å². The summed E-state index contributed by atoms with van der Waals surface area (Å²) in [7, 11) is 0. The molecule has 0 aliphatic carbocycles. The van der Waals surface area contributed by atoms with Crippen LogP contribution in [0.1, 0.15) is 39.5 Å². The van der Waals surface area contributed by atoms with Gasteiger partial charge in [-0.2, -0.15) is 0 Å². The standard InChI is InChI=1S/C12H22N2O3/c1-3-12(4-2,8-13)11(17)14-7-5-6-9(14)10(15)16/h9H,3-8,13H2,1-2H3,(H,15,16)/t9-/m1/s1. The summed E-state index contributed by atoms with van der Waals surface area (Å²) in [5.74, 6) is -0.996. The number of carboxylic acid groups (broad SMARTS) is 1. The zero-order valence-corrected chi connectivity index (χ0v) is 10.6. The molecule has 98 valence electrons. The Kier molecular flexibility index (Phi) is 4.51. The molecule has 1 aliphatic heterocycles. The second-order valence-corrected chi connectivity index (χ2v) is 4.69. The number of likely N-dealkylation sites (tertiary alicyclic amines) is 1. The lowest BCUT2D eigenvalue weighted by molar-refractivity contribution is -0.153. The second-order valence-electron chi connectivity index (χ2n) is 4.69. The summed E-state index contributed by atoms with van der Waals surface area (Å²) in [5, 5.41) is 9.09. The molecule has 1 aliphatic rings. The maximum atomic E-state index is 12.5. The van der Waals surface area contributed by atoms with Crippen LogP contribution in [-0.2, 0) is 9.59 Å². The topological polar surface area (TPSA) is 83.6 Å². The fourth-order valence-electron chi connectivity index (χ4n) is 2.50. The fraction of sp³-hybridized carbons (Fsp3) is 0.833. The molecule has 17 heavy (non-hydrogen) atoms. The monoisotopic (exact) mass is 242 g/mol. The number of hydrogen-bond acceptors (Lipinski definition) is 3. The highest BCUT2D eigenvalue weighted by Gasteiger charge is 2.43. The van der Waals surface area contributed by atoms with Gasteiger partial charge in [-0.15, -0.1) is 0 Å². The van der Waals surface area contributed by atoms with Crippen molar-refractivity contribution >= 4 is 11.9 Å². The predicted molar refractivity (Wildman–Crippen MR) is 64.4 cm³/mol. The average Bonchev–Trinajstić information content (AvgIpc) is 2.80. The number of carboxylic acids is 1. The van der Waals surface area contributed by atoms with Gasteiger partial charge in [0.05, 0.1) is 5.41 Å². The third-order valence-electron chi connectivity index (χ3n) is 4.00. The molecule has 0 saturated carbocycles. The number of rotatable bonds is 5. The molecule has 0 aromatic carbocycles. The van der Waals surface area contributed by atoms with E-state index in [-0.39, 0.29) is 12.5 Å². The van der Waals surface area contributed by atoms with E-state index in [1.54, 1.807) is 0 Å². The highest BCUT2D eigenvalue weighted by molar-refractivity contribution is 5.88. The van der Waals surface area contributed by atoms with Gasteiger partial charge in [-0.05, 0) is 25.7 Å². The van der Waals surface area contributed by atoms with Gasteiger partial charge in [-0.25, -0.2) is 4.79 Å². The van der Waals surface area contributed by atoms with Crippen LogP contribution in [-0.4, -0.2) is 41.0 Å². The fourth-order valence-corrected chi connectivity index (χ4v) is 2.50. The van der Waals surface area contributed by atoms with E-state index in [0.717, 1.165) is 6.42 Å². The Morgan fingerprint density at radius 2 is 2.00 bits per heavy atom. The zero-order valence-electron chi connectivity index (χ0n) is 10.6. The number of nitrogens with two attached hydrogens (primary N) is 1. The van der Waals surface area contributed by atoms with E-state index in [9.17, 15) is 9.59 Å². The summed E-state index contributed by atoms with van der Waals surface area (Å²) in [6, 6.07) is -0.661. The molecule has 1 heterocycles. The molecule has 1 rings (SSSR count). The van der Waals surface area contributed by atoms with E-state index >= 15 is 0 Å². The molecule has 5 nitrogen and oxygen atoms in total. The van der Waals surface area contributed by atoms with Crippen molar-refractivity contribution in [3.05, 3.63) is 0 Å². The van der Waals surface area contributed by atoms with Crippen molar-refractivity contribution in [1.82, 2.24) is 4.90 Å². The summed E-state index contributed by atoms with van der Waals surface area (Å²) in [6.07, 6.45) is 2.62. The molecule has 0 aromatic heterocycles. The van der Waals surface area contributed by atoms with Crippen molar-refractivity contribution in [2.45, 2.75) is 45.6 Å². The van der Waals surface area contributed by atoms with Crippen molar-refractivity contribution < 1.29 is 14.7 Å². The van der Waals surface area contributed by atoms with Crippen LogP contribution < -0.4 is 5.73 Å². The molecule has 5 heteroatoms. The average molecular weight is 242 g/mol. The predicted octanol–water partition coefficient (Wildman–Crippen LogP) is 0.827. The maximum absolute atomic E-state index is 12.5. The highest BCUT2D eigenvalue weighted by atomic mass is 16.4. The molecule has 0 radical (unpaired) electrons. The van der Waals surface area contributed by atoms with Crippen LogP contribution in [0.2, 0.25) is 0 Å². The van der Waals surface area contributed by atoms with Crippen molar-refractivity contribution in [2.75, 3.05) is 13.1 Å². The van der Waals surface area contributed by atoms with Crippen molar-refractivity contribution in [3.8, 4) is 0 Å². The number of amides is 1. The molecular formula is C12H22N2O3. The van der Waals surface area contributed by atoms with Crippen molar-refractivity contribution in [2.24, 2.45) is 11.1 Å². The smallest absolute Gasteiger partial charge is 0.326 e. The number of aliphatic carboxylic acids is 1. The van der Waals surface area contributed by atoms with E-state index in [4.69, 9.17) is 10.8 Å². The summed E-state index contributed by atoms with van der Waals surface area (Å²) in [4.78, 5) is 25.0. The summed E-state index contributed by atoms with van der Waals surface area (Å²) in [6.45, 7) is 4.68. The molecule has 0 aromatic rings. The summed E-state index contributed by atoms with van der Waals surface area (Å²) < 4.78 is 0. The Morgan fingerprint density at radius 1 is 1.41 bits per heavy atom. The molecule has 1 atom stereocenters. The van der Waals surface area contributed by atoms with E-state index in [0.29, 0.717) is 25.8 Å². The number of hydrogen-bond donors (Lipinski definition) is 2. The van der Waals surface area contributed by atoms with Gasteiger partial charge in [0.2, 0.25) is 5.91 Å². The Morgan fingerprint density at radius 3 is 2.41 bits per heavy atom. The van der Waals surface area contributed by atoms with Gasteiger partial charge >= 0.3 is 5.97 Å². The Bertz CT molecular complexity index is 292. The first-order valence-corrected chi connectivity index (χ1v) is 6.26. The maximum Gasteiger partial charge on any atom is 0.326 e. The Balaban J connectivity index is 2.91. The molecule has 0 spiro atoms. The first kappa shape index (κ1) is 14.0. The Labute approximate surface area is 102 Å². The van der Waals surface area contributed by atoms with Gasteiger partial charge < -0.3 is 15.7 Å². The van der Waals surface area contributed by atoms with E-state index in [1.807, 2.05) is 13.8 Å². The van der Waals surface area contributed by atoms with Crippen LogP contribution in [0.4, 0.5) is 0 Å². The minimum atomic E-state index is -0.908. The van der Waals surface area contributed by atoms with E-state index in [2.05, 4.69) is 0 Å². The van der Waals surface area contributed by atoms with Gasteiger partial charge in [-0.3, -0.25) is 4.79 Å². The third kappa shape index (κ3) is 2.44. The van der Waals surface area contributed by atoms with E-state index < -0.39 is 17.4 Å². The lowest BCUT2D eigenvalue weighted by Gasteiger charge is -2.35. The van der Waals surface area contributed by atoms with Crippen LogP contribution in [0.3, 0.4) is 0 Å². The largest absolute Gasteiger partial charge is 0.480 e. The summed E-state index contributed by atoms with van der Waals surface area (Å²) >= 11 is 0. The van der Waals surface area contributed by atoms with Gasteiger partial charge in [0, 0.05) is 13.1 Å². The molecule has 1 saturated heterocycles. The molecule has 0 unspecified atom stereocenters. The molecule has 3 N–H and O–H groups in total. The highest BCUT2D eigenvalue weighted by Crippen LogP contribution is 2.31. The molecular weight excluding hydrogens is 220 g/mol. The first-order valence-electron chi connectivity index (χ1n) is 6.26. The SMILES string of the molecule is CCC(CC)(CN)C(=O)N1CCC[C@@H]1C(=O)O. The number of carbonyl (C=O) groups excluding carboxylic acids is 1. The molecule has 1 fully saturated rings. The van der Waals surface area contributed by atoms with Gasteiger partial charge in [-0.1, -0.05) is 13.8 Å². The number of carbonyl (C=O) groups is 2. The molecule has 1 amide bonds. The van der Waals surface area contributed by atoms with Crippen molar-refractivity contribution in [3.63, 3.8) is 0 Å². The van der Waals surface area contributed by atoms with Crippen LogP contribution in [0.25, 0.3) is 0 Å². The second kappa shape index (κ2) is 5.49. The van der Waals surface area contributed by atoms with Gasteiger partial charge in [0.1, 0.15) is 6.04 Å². The van der Waals surface area contributed by atoms with Gasteiger partial charge in [0.15, 0.2) is 0 Å². The van der Waals surface area contributed by atoms with Gasteiger partial charge in [0.25, 0.3) is 0 Å². The normalized spacial score (nSPS) is 20.6. The van der Waals surface area contributed by atoms with Crippen LogP contribution >= 0.6 is 0 Å². The van der Waals surface area contributed by atoms with Crippen molar-refractivity contribution in [1.29, 1.82) is 0 Å². The Hall–Kier alpha value is -1.10. The quantitative estimate of drug-likeness (QED) is 0.748. The van der Waals surface area contributed by atoms with Crippen LogP contribution in [0, 0.1) is 5.41 Å². The van der Waals surface area contributed by atoms with Crippen LogP contribution in [0.15, 0.2) is 0 Å². The zero-order chi connectivity index (χ0) is 13.1.